The smallest absolute Gasteiger partial charge is 0.380 e. The molecule has 7 heteroatoms. The number of alkyl halides is 3. The average Bonchev–Trinajstić information content (AvgIpc) is 3.14. The van der Waals surface area contributed by atoms with E-state index in [0.29, 0.717) is 13.0 Å². The van der Waals surface area contributed by atoms with E-state index in [9.17, 15) is 22.7 Å². The summed E-state index contributed by atoms with van der Waals surface area (Å²) in [5.74, 6) is -0.388. The van der Waals surface area contributed by atoms with Gasteiger partial charge in [0, 0.05) is 29.4 Å². The Hall–Kier alpha value is -1.99. The summed E-state index contributed by atoms with van der Waals surface area (Å²) in [4.78, 5) is 6.34. The van der Waals surface area contributed by atoms with Gasteiger partial charge in [0.1, 0.15) is 5.82 Å². The van der Waals surface area contributed by atoms with Crippen LogP contribution in [0.4, 0.5) is 17.6 Å². The zero-order valence-corrected chi connectivity index (χ0v) is 18.4. The van der Waals surface area contributed by atoms with Crippen molar-refractivity contribution in [2.24, 2.45) is 5.41 Å². The SMILES string of the molecule is Cc1ccc(C(C)(C)N2CCC(CCc3ccc(F)cc3)(C(C)(O)C(F)(F)F)C2)cn1. The first-order chi connectivity index (χ1) is 14.3. The Labute approximate surface area is 181 Å². The van der Waals surface area contributed by atoms with Crippen LogP contribution in [-0.2, 0) is 12.0 Å². The number of aliphatic hydroxyl groups is 1. The first-order valence-corrected chi connectivity index (χ1v) is 10.5. The number of aryl methyl sites for hydroxylation is 2. The highest BCUT2D eigenvalue weighted by Crippen LogP contribution is 2.53. The number of benzene rings is 1. The zero-order chi connectivity index (χ0) is 23.1. The number of nitrogens with zero attached hydrogens (tertiary/aromatic N) is 2. The first kappa shape index (κ1) is 23.7. The molecule has 0 saturated carbocycles. The number of rotatable bonds is 6. The molecule has 2 atom stereocenters. The van der Waals surface area contributed by atoms with Crippen LogP contribution >= 0.6 is 0 Å². The van der Waals surface area contributed by atoms with Crippen molar-refractivity contribution in [1.29, 1.82) is 0 Å². The largest absolute Gasteiger partial charge is 0.417 e. The van der Waals surface area contributed by atoms with Crippen LogP contribution in [0.2, 0.25) is 0 Å². The van der Waals surface area contributed by atoms with Gasteiger partial charge in [0.25, 0.3) is 0 Å². The van der Waals surface area contributed by atoms with Gasteiger partial charge in [-0.15, -0.1) is 0 Å². The van der Waals surface area contributed by atoms with Gasteiger partial charge in [-0.25, -0.2) is 4.39 Å². The fraction of sp³-hybridized carbons (Fsp3) is 0.542. The van der Waals surface area contributed by atoms with Crippen LogP contribution in [0.1, 0.15) is 50.4 Å². The third kappa shape index (κ3) is 4.48. The number of pyridine rings is 1. The minimum Gasteiger partial charge on any atom is -0.380 e. The molecule has 170 valence electrons. The minimum absolute atomic E-state index is 0.0988. The molecule has 0 aliphatic carbocycles. The van der Waals surface area contributed by atoms with Crippen molar-refractivity contribution < 1.29 is 22.7 Å². The second kappa shape index (κ2) is 8.17. The van der Waals surface area contributed by atoms with Gasteiger partial charge >= 0.3 is 6.18 Å². The van der Waals surface area contributed by atoms with E-state index in [4.69, 9.17) is 0 Å². The highest BCUT2D eigenvalue weighted by Gasteiger charge is 2.64. The standard InChI is InChI=1S/C24H30F4N2O/c1-17-5-8-19(15-29-17)21(2,3)30-14-13-23(16-30,22(4,31)24(26,27)28)12-11-18-6-9-20(25)10-7-18/h5-10,15,31H,11-14,16H2,1-4H3. The van der Waals surface area contributed by atoms with Gasteiger partial charge in [-0.3, -0.25) is 9.88 Å². The van der Waals surface area contributed by atoms with Crippen molar-refractivity contribution in [1.82, 2.24) is 9.88 Å². The predicted octanol–water partition coefficient (Wildman–Crippen LogP) is 5.40. The van der Waals surface area contributed by atoms with Gasteiger partial charge in [-0.05, 0) is 82.8 Å². The monoisotopic (exact) mass is 438 g/mol. The molecule has 1 aromatic heterocycles. The van der Waals surface area contributed by atoms with Gasteiger partial charge in [0.05, 0.1) is 0 Å². The maximum absolute atomic E-state index is 14.0. The molecule has 31 heavy (non-hydrogen) atoms. The van der Waals surface area contributed by atoms with Crippen LogP contribution in [0.15, 0.2) is 42.6 Å². The van der Waals surface area contributed by atoms with Gasteiger partial charge in [-0.2, -0.15) is 13.2 Å². The Balaban J connectivity index is 1.90. The fourth-order valence-corrected chi connectivity index (χ4v) is 4.54. The van der Waals surface area contributed by atoms with E-state index in [1.807, 2.05) is 37.8 Å². The van der Waals surface area contributed by atoms with E-state index >= 15 is 0 Å². The molecule has 0 bridgehead atoms. The number of halogens is 4. The number of aromatic nitrogens is 1. The minimum atomic E-state index is -4.76. The van der Waals surface area contributed by atoms with E-state index in [1.165, 1.54) is 12.1 Å². The van der Waals surface area contributed by atoms with Crippen LogP contribution < -0.4 is 0 Å². The second-order valence-electron chi connectivity index (χ2n) is 9.40. The summed E-state index contributed by atoms with van der Waals surface area (Å²) < 4.78 is 55.1. The second-order valence-corrected chi connectivity index (χ2v) is 9.40. The molecule has 1 fully saturated rings. The predicted molar refractivity (Wildman–Crippen MR) is 112 cm³/mol. The molecule has 0 radical (unpaired) electrons. The van der Waals surface area contributed by atoms with Gasteiger partial charge < -0.3 is 5.11 Å². The third-order valence-electron chi connectivity index (χ3n) is 7.15. The fourth-order valence-electron chi connectivity index (χ4n) is 4.54. The molecule has 1 aliphatic rings. The highest BCUT2D eigenvalue weighted by atomic mass is 19.4. The lowest BCUT2D eigenvalue weighted by atomic mass is 9.68. The maximum atomic E-state index is 14.0. The van der Waals surface area contributed by atoms with E-state index in [0.717, 1.165) is 23.7 Å². The average molecular weight is 439 g/mol. The third-order valence-corrected chi connectivity index (χ3v) is 7.15. The zero-order valence-electron chi connectivity index (χ0n) is 18.4. The van der Waals surface area contributed by atoms with Gasteiger partial charge in [-0.1, -0.05) is 18.2 Å². The Morgan fingerprint density at radius 2 is 1.71 bits per heavy atom. The molecule has 1 N–H and O–H groups in total. The summed E-state index contributed by atoms with van der Waals surface area (Å²) in [6, 6.07) is 9.61. The molecule has 0 spiro atoms. The van der Waals surface area contributed by atoms with Gasteiger partial charge in [0.15, 0.2) is 5.60 Å². The summed E-state index contributed by atoms with van der Waals surface area (Å²) in [6.07, 6.45) is -2.32. The van der Waals surface area contributed by atoms with E-state index in [2.05, 4.69) is 4.98 Å². The number of hydrogen-bond acceptors (Lipinski definition) is 3. The van der Waals surface area contributed by atoms with E-state index in [1.54, 1.807) is 18.3 Å². The first-order valence-electron chi connectivity index (χ1n) is 10.5. The Morgan fingerprint density at radius 3 is 2.26 bits per heavy atom. The van der Waals surface area contributed by atoms with Crippen LogP contribution in [0.3, 0.4) is 0 Å². The van der Waals surface area contributed by atoms with Crippen molar-refractivity contribution in [3.8, 4) is 0 Å². The molecule has 3 nitrogen and oxygen atoms in total. The molecule has 2 unspecified atom stereocenters. The van der Waals surface area contributed by atoms with Crippen molar-refractivity contribution in [2.75, 3.05) is 13.1 Å². The van der Waals surface area contributed by atoms with Crippen molar-refractivity contribution in [3.05, 3.63) is 65.2 Å². The summed E-state index contributed by atoms with van der Waals surface area (Å²) in [7, 11) is 0. The Kier molecular flexibility index (Phi) is 6.24. The lowest BCUT2D eigenvalue weighted by Crippen LogP contribution is -2.58. The van der Waals surface area contributed by atoms with E-state index in [-0.39, 0.29) is 25.2 Å². The summed E-state index contributed by atoms with van der Waals surface area (Å²) >= 11 is 0. The van der Waals surface area contributed by atoms with Crippen molar-refractivity contribution in [2.45, 2.75) is 64.3 Å². The quantitative estimate of drug-likeness (QED) is 0.614. The summed E-state index contributed by atoms with van der Waals surface area (Å²) in [5.41, 5.74) is -2.24. The molecule has 2 heterocycles. The molecular formula is C24H30F4N2O. The molecule has 1 aliphatic heterocycles. The maximum Gasteiger partial charge on any atom is 0.417 e. The highest BCUT2D eigenvalue weighted by molar-refractivity contribution is 5.23. The lowest BCUT2D eigenvalue weighted by molar-refractivity contribution is -0.294. The summed E-state index contributed by atoms with van der Waals surface area (Å²) in [5, 5.41) is 10.8. The van der Waals surface area contributed by atoms with Crippen molar-refractivity contribution >= 4 is 0 Å². The molecule has 2 aromatic rings. The molecule has 3 rings (SSSR count). The molecular weight excluding hydrogens is 408 g/mol. The van der Waals surface area contributed by atoms with Crippen LogP contribution in [0.5, 0.6) is 0 Å². The van der Waals surface area contributed by atoms with Crippen molar-refractivity contribution in [3.63, 3.8) is 0 Å². The Bertz CT molecular complexity index is 891. The summed E-state index contributed by atoms with van der Waals surface area (Å²) in [6.45, 7) is 7.24. The topological polar surface area (TPSA) is 36.4 Å². The Morgan fingerprint density at radius 1 is 1.06 bits per heavy atom. The number of hydrogen-bond donors (Lipinski definition) is 1. The number of likely N-dealkylation sites (tertiary alicyclic amines) is 1. The lowest BCUT2D eigenvalue weighted by Gasteiger charge is -2.45. The molecule has 0 amide bonds. The van der Waals surface area contributed by atoms with Crippen LogP contribution in [0, 0.1) is 18.2 Å². The van der Waals surface area contributed by atoms with Gasteiger partial charge in [0.2, 0.25) is 0 Å². The normalized spacial score (nSPS) is 22.5. The van der Waals surface area contributed by atoms with Crippen LogP contribution in [-0.4, -0.2) is 39.9 Å². The molecule has 1 aromatic carbocycles. The van der Waals surface area contributed by atoms with E-state index < -0.39 is 22.7 Å². The van der Waals surface area contributed by atoms with Crippen LogP contribution in [0.25, 0.3) is 0 Å². The molecule has 1 saturated heterocycles.